The number of carbonyl (C=O) groups excluding carboxylic acids is 1. The van der Waals surface area contributed by atoms with Crippen LogP contribution in [0.5, 0.6) is 0 Å². The van der Waals surface area contributed by atoms with Gasteiger partial charge in [-0.3, -0.25) is 0 Å². The van der Waals surface area contributed by atoms with E-state index in [2.05, 4.69) is 5.32 Å². The van der Waals surface area contributed by atoms with Gasteiger partial charge >= 0.3 is 6.03 Å². The van der Waals surface area contributed by atoms with Crippen LogP contribution in [0.3, 0.4) is 0 Å². The lowest BCUT2D eigenvalue weighted by Crippen LogP contribution is -2.34. The molecule has 1 saturated carbocycles. The van der Waals surface area contributed by atoms with E-state index < -0.39 is 0 Å². The molecule has 0 aromatic carbocycles. The third-order valence-corrected chi connectivity index (χ3v) is 2.49. The lowest BCUT2D eigenvalue weighted by Gasteiger charge is -2.20. The Kier molecular flexibility index (Phi) is 1.72. The number of hydrogen-bond donors (Lipinski definition) is 1. The Hall–Kier alpha value is -0.730. The molecule has 0 aromatic heterocycles. The molecule has 1 aliphatic carbocycles. The number of hydrogen-bond acceptors (Lipinski definition) is 1. The Morgan fingerprint density at radius 3 is 2.73 bits per heavy atom. The fourth-order valence-electron chi connectivity index (χ4n) is 1.90. The average Bonchev–Trinajstić information content (AvgIpc) is 2.55. The predicted molar refractivity (Wildman–Crippen MR) is 41.8 cm³/mol. The molecule has 1 aliphatic heterocycles. The molecule has 0 spiro atoms. The van der Waals surface area contributed by atoms with Crippen LogP contribution in [0.4, 0.5) is 4.79 Å². The number of amides is 2. The van der Waals surface area contributed by atoms with Gasteiger partial charge in [0, 0.05) is 12.6 Å². The van der Waals surface area contributed by atoms with E-state index in [1.54, 1.807) is 0 Å². The second-order valence-corrected chi connectivity index (χ2v) is 3.21. The highest BCUT2D eigenvalue weighted by Crippen LogP contribution is 2.25. The molecule has 1 heterocycles. The van der Waals surface area contributed by atoms with Crippen LogP contribution < -0.4 is 5.32 Å². The van der Waals surface area contributed by atoms with Gasteiger partial charge < -0.3 is 10.2 Å². The summed E-state index contributed by atoms with van der Waals surface area (Å²) in [6.45, 7) is 2.69. The van der Waals surface area contributed by atoms with Gasteiger partial charge in [0.1, 0.15) is 0 Å². The van der Waals surface area contributed by atoms with Crippen LogP contribution in [-0.4, -0.2) is 23.5 Å². The number of urea groups is 1. The minimum absolute atomic E-state index is 0.0944. The molecule has 2 aliphatic rings. The summed E-state index contributed by atoms with van der Waals surface area (Å²) in [5, 5.41) is 2.78. The SMILES string of the molecule is O=C1NC[CH]N1C1CCCC1. The van der Waals surface area contributed by atoms with Crippen molar-refractivity contribution in [1.82, 2.24) is 10.2 Å². The highest BCUT2D eigenvalue weighted by Gasteiger charge is 2.29. The third-order valence-electron chi connectivity index (χ3n) is 2.49. The second kappa shape index (κ2) is 2.72. The summed E-state index contributed by atoms with van der Waals surface area (Å²) in [5.74, 6) is 0. The molecular weight excluding hydrogens is 140 g/mol. The first-order valence-electron chi connectivity index (χ1n) is 4.27. The molecule has 3 heteroatoms. The van der Waals surface area contributed by atoms with E-state index in [0.717, 1.165) is 6.54 Å². The zero-order valence-electron chi connectivity index (χ0n) is 6.55. The topological polar surface area (TPSA) is 32.3 Å². The van der Waals surface area contributed by atoms with Crippen molar-refractivity contribution in [2.75, 3.05) is 6.54 Å². The zero-order valence-corrected chi connectivity index (χ0v) is 6.55. The molecule has 0 atom stereocenters. The normalized spacial score (nSPS) is 26.2. The molecule has 2 fully saturated rings. The van der Waals surface area contributed by atoms with E-state index in [1.165, 1.54) is 25.7 Å². The molecule has 0 unspecified atom stereocenters. The molecule has 0 bridgehead atoms. The van der Waals surface area contributed by atoms with Crippen LogP contribution in [0.25, 0.3) is 0 Å². The van der Waals surface area contributed by atoms with Gasteiger partial charge in [-0.05, 0) is 12.8 Å². The van der Waals surface area contributed by atoms with Crippen molar-refractivity contribution in [1.29, 1.82) is 0 Å². The number of nitrogens with one attached hydrogen (secondary N) is 1. The summed E-state index contributed by atoms with van der Waals surface area (Å²) >= 11 is 0. The van der Waals surface area contributed by atoms with E-state index >= 15 is 0 Å². The lowest BCUT2D eigenvalue weighted by atomic mass is 10.2. The summed E-state index contributed by atoms with van der Waals surface area (Å²) in [6.07, 6.45) is 4.93. The van der Waals surface area contributed by atoms with Gasteiger partial charge in [-0.2, -0.15) is 0 Å². The molecular formula is C8H13N2O. The van der Waals surface area contributed by atoms with E-state index in [9.17, 15) is 4.79 Å². The maximum atomic E-state index is 11.1. The Labute approximate surface area is 66.8 Å². The average molecular weight is 153 g/mol. The largest absolute Gasteiger partial charge is 0.336 e. The van der Waals surface area contributed by atoms with Crippen molar-refractivity contribution < 1.29 is 4.79 Å². The fraction of sp³-hybridized carbons (Fsp3) is 0.750. The van der Waals surface area contributed by atoms with Gasteiger partial charge in [-0.15, -0.1) is 0 Å². The Bertz CT molecular complexity index is 163. The van der Waals surface area contributed by atoms with Gasteiger partial charge in [-0.25, -0.2) is 4.79 Å². The van der Waals surface area contributed by atoms with Crippen LogP contribution >= 0.6 is 0 Å². The Balaban J connectivity index is 1.97. The summed E-state index contributed by atoms with van der Waals surface area (Å²) in [5.41, 5.74) is 0. The fourth-order valence-corrected chi connectivity index (χ4v) is 1.90. The van der Waals surface area contributed by atoms with Gasteiger partial charge in [0.2, 0.25) is 0 Å². The van der Waals surface area contributed by atoms with Crippen molar-refractivity contribution in [2.45, 2.75) is 31.7 Å². The number of carbonyl (C=O) groups is 1. The highest BCUT2D eigenvalue weighted by molar-refractivity contribution is 5.77. The Morgan fingerprint density at radius 1 is 1.45 bits per heavy atom. The first kappa shape index (κ1) is 6.95. The third kappa shape index (κ3) is 1.19. The summed E-state index contributed by atoms with van der Waals surface area (Å²) in [4.78, 5) is 13.0. The minimum Gasteiger partial charge on any atom is -0.336 e. The molecule has 2 rings (SSSR count). The number of rotatable bonds is 1. The maximum absolute atomic E-state index is 11.1. The zero-order chi connectivity index (χ0) is 7.68. The monoisotopic (exact) mass is 153 g/mol. The molecule has 61 valence electrons. The van der Waals surface area contributed by atoms with Crippen LogP contribution in [0.1, 0.15) is 25.7 Å². The van der Waals surface area contributed by atoms with E-state index in [4.69, 9.17) is 0 Å². The first-order chi connectivity index (χ1) is 5.38. The highest BCUT2D eigenvalue weighted by atomic mass is 16.2. The van der Waals surface area contributed by atoms with Gasteiger partial charge in [0.25, 0.3) is 0 Å². The molecule has 2 amide bonds. The summed E-state index contributed by atoms with van der Waals surface area (Å²) < 4.78 is 0. The van der Waals surface area contributed by atoms with Gasteiger partial charge in [-0.1, -0.05) is 12.8 Å². The minimum atomic E-state index is 0.0944. The van der Waals surface area contributed by atoms with Crippen LogP contribution in [0.15, 0.2) is 0 Å². The molecule has 11 heavy (non-hydrogen) atoms. The van der Waals surface area contributed by atoms with Crippen molar-refractivity contribution in [3.63, 3.8) is 0 Å². The van der Waals surface area contributed by atoms with Gasteiger partial charge in [0.05, 0.1) is 6.54 Å². The van der Waals surface area contributed by atoms with Crippen LogP contribution in [-0.2, 0) is 0 Å². The van der Waals surface area contributed by atoms with Crippen LogP contribution in [0, 0.1) is 6.54 Å². The first-order valence-corrected chi connectivity index (χ1v) is 4.27. The van der Waals surface area contributed by atoms with Crippen molar-refractivity contribution >= 4 is 6.03 Å². The molecule has 3 nitrogen and oxygen atoms in total. The predicted octanol–water partition coefficient (Wildman–Crippen LogP) is 1.12. The van der Waals surface area contributed by atoms with Crippen LogP contribution in [0.2, 0.25) is 0 Å². The standard InChI is InChI=1S/C8H13N2O/c11-8-9-5-6-10(8)7-3-1-2-4-7/h6-7H,1-5H2,(H,9,11). The van der Waals surface area contributed by atoms with Crippen molar-refractivity contribution in [3.05, 3.63) is 6.54 Å². The molecule has 1 saturated heterocycles. The quantitative estimate of drug-likeness (QED) is 0.601. The maximum Gasteiger partial charge on any atom is 0.318 e. The molecule has 1 N–H and O–H groups in total. The van der Waals surface area contributed by atoms with Crippen molar-refractivity contribution in [3.8, 4) is 0 Å². The number of nitrogens with zero attached hydrogens (tertiary/aromatic N) is 1. The van der Waals surface area contributed by atoms with E-state index in [0.29, 0.717) is 6.04 Å². The summed E-state index contributed by atoms with van der Waals surface area (Å²) in [7, 11) is 0. The second-order valence-electron chi connectivity index (χ2n) is 3.21. The van der Waals surface area contributed by atoms with E-state index in [1.807, 2.05) is 11.4 Å². The van der Waals surface area contributed by atoms with Gasteiger partial charge in [0.15, 0.2) is 0 Å². The smallest absolute Gasteiger partial charge is 0.318 e. The van der Waals surface area contributed by atoms with E-state index in [-0.39, 0.29) is 6.03 Å². The van der Waals surface area contributed by atoms with Crippen molar-refractivity contribution in [2.24, 2.45) is 0 Å². The lowest BCUT2D eigenvalue weighted by molar-refractivity contribution is 0.207. The Morgan fingerprint density at radius 2 is 2.18 bits per heavy atom. The molecule has 1 radical (unpaired) electrons. The molecule has 0 aromatic rings. The summed E-state index contributed by atoms with van der Waals surface area (Å²) in [6, 6.07) is 0.592.